The van der Waals surface area contributed by atoms with Gasteiger partial charge in [-0.25, -0.2) is 4.79 Å². The molecule has 0 saturated heterocycles. The summed E-state index contributed by atoms with van der Waals surface area (Å²) in [7, 11) is 2.70. The molecule has 1 aromatic carbocycles. The quantitative estimate of drug-likeness (QED) is 0.793. The predicted molar refractivity (Wildman–Crippen MR) is 84.9 cm³/mol. The van der Waals surface area contributed by atoms with E-state index < -0.39 is 12.0 Å². The fourth-order valence-corrected chi connectivity index (χ4v) is 1.91. The minimum Gasteiger partial charge on any atom is -0.480 e. The predicted octanol–water partition coefficient (Wildman–Crippen LogP) is 2.48. The lowest BCUT2D eigenvalue weighted by Gasteiger charge is -2.12. The smallest absolute Gasteiger partial charge is 0.326 e. The molecule has 1 aromatic rings. The number of nitrogens with one attached hydrogen (secondary N) is 1. The Morgan fingerprint density at radius 3 is 2.25 bits per heavy atom. The van der Waals surface area contributed by atoms with Gasteiger partial charge in [-0.15, -0.1) is 9.24 Å². The fourth-order valence-electron chi connectivity index (χ4n) is 1.50. The fraction of sp³-hybridized carbons (Fsp3) is 0.467. The molecule has 0 aliphatic heterocycles. The van der Waals surface area contributed by atoms with Gasteiger partial charge in [0.05, 0.1) is 0 Å². The van der Waals surface area contributed by atoms with Crippen molar-refractivity contribution >= 4 is 21.1 Å². The summed E-state index contributed by atoms with van der Waals surface area (Å²) in [6, 6.07) is 8.34. The van der Waals surface area contributed by atoms with E-state index in [1.807, 2.05) is 30.3 Å². The topological polar surface area (TPSA) is 66.4 Å². The summed E-state index contributed by atoms with van der Waals surface area (Å²) in [6.07, 6.45) is 4.24. The normalized spacial score (nSPS) is 10.9. The van der Waals surface area contributed by atoms with Gasteiger partial charge in [0.15, 0.2) is 0 Å². The molecule has 0 aliphatic rings. The minimum absolute atomic E-state index is 0.301. The minimum atomic E-state index is -1.02. The number of unbranched alkanes of at least 4 members (excludes halogenated alkanes) is 1. The summed E-state index contributed by atoms with van der Waals surface area (Å²) >= 11 is 0. The van der Waals surface area contributed by atoms with Crippen LogP contribution in [0.15, 0.2) is 30.3 Å². The summed E-state index contributed by atoms with van der Waals surface area (Å²) in [6.45, 7) is 3.50. The van der Waals surface area contributed by atoms with Crippen molar-refractivity contribution in [3.63, 3.8) is 0 Å². The first kappa shape index (κ1) is 18.6. The Balaban J connectivity index is 0.000000621. The zero-order valence-electron chi connectivity index (χ0n) is 12.1. The maximum Gasteiger partial charge on any atom is 0.326 e. The molecule has 1 amide bonds. The molecule has 0 saturated carbocycles. The van der Waals surface area contributed by atoms with Crippen LogP contribution in [0.3, 0.4) is 0 Å². The van der Waals surface area contributed by atoms with Crippen LogP contribution < -0.4 is 5.32 Å². The van der Waals surface area contributed by atoms with Gasteiger partial charge < -0.3 is 10.4 Å². The third-order valence-corrected chi connectivity index (χ3v) is 2.92. The standard InChI is InChI=1S/C11H13NO3.C4H11P/c1-8(13)12-10(11(14)15)7-9-5-3-2-4-6-9;1-2-3-4-5/h2-6,10H,7H2,1H3,(H,12,13)(H,14,15);2-5H2,1H3/t10-;/m0./s1. The zero-order chi connectivity index (χ0) is 15.4. The number of rotatable bonds is 6. The molecule has 5 heteroatoms. The Morgan fingerprint density at radius 1 is 1.30 bits per heavy atom. The van der Waals surface area contributed by atoms with Crippen LogP contribution in [-0.2, 0) is 16.0 Å². The van der Waals surface area contributed by atoms with Crippen molar-refractivity contribution in [2.45, 2.75) is 39.2 Å². The molecule has 1 rings (SSSR count). The molecule has 4 nitrogen and oxygen atoms in total. The summed E-state index contributed by atoms with van der Waals surface area (Å²) in [5, 5.41) is 11.3. The van der Waals surface area contributed by atoms with Crippen LogP contribution >= 0.6 is 9.24 Å². The number of carbonyl (C=O) groups excluding carboxylic acids is 1. The summed E-state index contributed by atoms with van der Waals surface area (Å²) in [5.41, 5.74) is 0.888. The largest absolute Gasteiger partial charge is 0.480 e. The maximum absolute atomic E-state index is 10.8. The number of benzene rings is 1. The molecular weight excluding hydrogens is 273 g/mol. The van der Waals surface area contributed by atoms with Crippen LogP contribution in [0.2, 0.25) is 0 Å². The highest BCUT2D eigenvalue weighted by Crippen LogP contribution is 2.03. The number of carboxylic acid groups (broad SMARTS) is 1. The Labute approximate surface area is 123 Å². The van der Waals surface area contributed by atoms with Crippen molar-refractivity contribution in [1.82, 2.24) is 5.32 Å². The van der Waals surface area contributed by atoms with Gasteiger partial charge in [0.25, 0.3) is 0 Å². The van der Waals surface area contributed by atoms with Crippen LogP contribution in [0.25, 0.3) is 0 Å². The van der Waals surface area contributed by atoms with Crippen LogP contribution in [-0.4, -0.2) is 29.2 Å². The number of hydrogen-bond acceptors (Lipinski definition) is 2. The monoisotopic (exact) mass is 297 g/mol. The zero-order valence-corrected chi connectivity index (χ0v) is 13.3. The Bertz CT molecular complexity index is 393. The van der Waals surface area contributed by atoms with Gasteiger partial charge in [-0.2, -0.15) is 0 Å². The second-order valence-corrected chi connectivity index (χ2v) is 5.00. The summed E-state index contributed by atoms with van der Waals surface area (Å²) in [5.74, 6) is -1.35. The maximum atomic E-state index is 10.8. The molecule has 1 unspecified atom stereocenters. The lowest BCUT2D eigenvalue weighted by Crippen LogP contribution is -2.41. The van der Waals surface area contributed by atoms with E-state index in [2.05, 4.69) is 21.5 Å². The van der Waals surface area contributed by atoms with Crippen LogP contribution in [0.4, 0.5) is 0 Å². The lowest BCUT2D eigenvalue weighted by atomic mass is 10.1. The highest BCUT2D eigenvalue weighted by atomic mass is 31.0. The van der Waals surface area contributed by atoms with E-state index in [0.29, 0.717) is 6.42 Å². The third kappa shape index (κ3) is 9.51. The van der Waals surface area contributed by atoms with E-state index in [0.717, 1.165) is 5.56 Å². The average molecular weight is 297 g/mol. The van der Waals surface area contributed by atoms with Crippen molar-refractivity contribution in [2.24, 2.45) is 0 Å². The SMILES string of the molecule is CC(=O)N[C@@H](Cc1ccccc1)C(=O)O.CCCCP. The second-order valence-electron chi connectivity index (χ2n) is 4.42. The van der Waals surface area contributed by atoms with E-state index >= 15 is 0 Å². The second kappa shape index (κ2) is 11.4. The lowest BCUT2D eigenvalue weighted by molar-refractivity contribution is -0.141. The van der Waals surface area contributed by atoms with Gasteiger partial charge >= 0.3 is 5.97 Å². The molecule has 0 radical (unpaired) electrons. The third-order valence-electron chi connectivity index (χ3n) is 2.52. The molecule has 0 spiro atoms. The molecule has 0 aliphatic carbocycles. The van der Waals surface area contributed by atoms with Crippen molar-refractivity contribution < 1.29 is 14.7 Å². The van der Waals surface area contributed by atoms with Gasteiger partial charge in [0, 0.05) is 13.3 Å². The molecule has 2 atom stereocenters. The van der Waals surface area contributed by atoms with Gasteiger partial charge in [-0.3, -0.25) is 4.79 Å². The van der Waals surface area contributed by atoms with Crippen LogP contribution in [0.1, 0.15) is 32.3 Å². The average Bonchev–Trinajstić information content (AvgIpc) is 2.40. The summed E-state index contributed by atoms with van der Waals surface area (Å²) < 4.78 is 0. The number of carbonyl (C=O) groups is 2. The van der Waals surface area contributed by atoms with Gasteiger partial charge in [0.1, 0.15) is 6.04 Å². The van der Waals surface area contributed by atoms with Crippen molar-refractivity contribution in [2.75, 3.05) is 6.16 Å². The first-order valence-corrected chi connectivity index (χ1v) is 7.56. The van der Waals surface area contributed by atoms with E-state index in [1.165, 1.54) is 25.9 Å². The molecule has 0 aromatic heterocycles. The molecular formula is C15H24NO3P. The number of hydrogen-bond donors (Lipinski definition) is 2. The van der Waals surface area contributed by atoms with Crippen molar-refractivity contribution in [1.29, 1.82) is 0 Å². The Kier molecular flexibility index (Phi) is 10.6. The number of aliphatic carboxylic acids is 1. The molecule has 112 valence electrons. The first-order valence-electron chi connectivity index (χ1n) is 6.75. The van der Waals surface area contributed by atoms with Gasteiger partial charge in [0.2, 0.25) is 5.91 Å². The van der Waals surface area contributed by atoms with Crippen molar-refractivity contribution in [3.05, 3.63) is 35.9 Å². The number of amides is 1. The Morgan fingerprint density at radius 2 is 1.90 bits per heavy atom. The van der Waals surface area contributed by atoms with E-state index in [4.69, 9.17) is 5.11 Å². The van der Waals surface area contributed by atoms with E-state index in [1.54, 1.807) is 0 Å². The van der Waals surface area contributed by atoms with E-state index in [9.17, 15) is 9.59 Å². The first-order chi connectivity index (χ1) is 9.51. The van der Waals surface area contributed by atoms with E-state index in [-0.39, 0.29) is 5.91 Å². The Hall–Kier alpha value is -1.41. The summed E-state index contributed by atoms with van der Waals surface area (Å²) in [4.78, 5) is 21.6. The van der Waals surface area contributed by atoms with Crippen LogP contribution in [0, 0.1) is 0 Å². The molecule has 0 fully saturated rings. The van der Waals surface area contributed by atoms with Crippen LogP contribution in [0.5, 0.6) is 0 Å². The molecule has 0 heterocycles. The van der Waals surface area contributed by atoms with Gasteiger partial charge in [-0.1, -0.05) is 50.1 Å². The molecule has 0 bridgehead atoms. The highest BCUT2D eigenvalue weighted by molar-refractivity contribution is 7.16. The number of carboxylic acids is 1. The molecule has 20 heavy (non-hydrogen) atoms. The highest BCUT2D eigenvalue weighted by Gasteiger charge is 2.18. The van der Waals surface area contributed by atoms with Crippen molar-refractivity contribution in [3.8, 4) is 0 Å². The van der Waals surface area contributed by atoms with Gasteiger partial charge in [-0.05, 0) is 11.7 Å². The molecule has 2 N–H and O–H groups in total.